The Labute approximate surface area is 128 Å². The third-order valence-electron chi connectivity index (χ3n) is 2.76. The fraction of sp³-hybridized carbons (Fsp3) is 0. The summed E-state index contributed by atoms with van der Waals surface area (Å²) in [7, 11) is -3.72. The molecule has 0 spiro atoms. The third kappa shape index (κ3) is 2.02. The monoisotopic (exact) mass is 371 g/mol. The normalized spacial score (nSPS) is 11.9. The van der Waals surface area contributed by atoms with Crippen molar-refractivity contribution in [1.82, 2.24) is 13.9 Å². The quantitative estimate of drug-likeness (QED) is 0.648. The zero-order valence-corrected chi connectivity index (χ0v) is 13.0. The molecule has 0 atom stereocenters. The number of halogens is 2. The lowest BCUT2D eigenvalue weighted by atomic mass is 10.4. The molecule has 0 saturated heterocycles. The molecule has 2 aromatic heterocycles. The van der Waals surface area contributed by atoms with Gasteiger partial charge in [0.2, 0.25) is 0 Å². The fourth-order valence-electron chi connectivity index (χ4n) is 1.85. The predicted octanol–water partition coefficient (Wildman–Crippen LogP) is 3.08. The first-order chi connectivity index (χ1) is 9.51. The van der Waals surface area contributed by atoms with Crippen LogP contribution in [0, 0.1) is 0 Å². The van der Waals surface area contributed by atoms with E-state index in [-0.39, 0.29) is 15.7 Å². The molecule has 20 heavy (non-hydrogen) atoms. The number of aromatic nitrogens is 3. The molecule has 102 valence electrons. The van der Waals surface area contributed by atoms with Gasteiger partial charge in [-0.05, 0) is 28.1 Å². The lowest BCUT2D eigenvalue weighted by Gasteiger charge is -2.06. The fourth-order valence-corrected chi connectivity index (χ4v) is 4.23. The van der Waals surface area contributed by atoms with E-state index < -0.39 is 10.0 Å². The molecule has 3 aromatic rings. The zero-order valence-electron chi connectivity index (χ0n) is 9.86. The summed E-state index contributed by atoms with van der Waals surface area (Å²) in [6.07, 6.45) is 2.65. The van der Waals surface area contributed by atoms with E-state index in [1.807, 2.05) is 0 Å². The second-order valence-electron chi connectivity index (χ2n) is 3.95. The number of hydrogen-bond acceptors (Lipinski definition) is 4. The van der Waals surface area contributed by atoms with E-state index in [1.165, 1.54) is 24.7 Å². The van der Waals surface area contributed by atoms with Crippen LogP contribution in [0.2, 0.25) is 5.15 Å². The summed E-state index contributed by atoms with van der Waals surface area (Å²) in [5.41, 5.74) is 0.237. The van der Waals surface area contributed by atoms with Gasteiger partial charge in [-0.3, -0.25) is 0 Å². The largest absolute Gasteiger partial charge is 0.269 e. The minimum Gasteiger partial charge on any atom is -0.224 e. The SMILES string of the molecule is O=S(=O)(c1ccccc1)n1cc(Br)c2c(Cl)ncnc21. The van der Waals surface area contributed by atoms with Crippen molar-refractivity contribution in [2.45, 2.75) is 4.90 Å². The van der Waals surface area contributed by atoms with Crippen molar-refractivity contribution in [3.8, 4) is 0 Å². The zero-order chi connectivity index (χ0) is 14.3. The Morgan fingerprint density at radius 3 is 2.55 bits per heavy atom. The van der Waals surface area contributed by atoms with Crippen LogP contribution in [-0.2, 0) is 10.0 Å². The topological polar surface area (TPSA) is 64.8 Å². The van der Waals surface area contributed by atoms with Gasteiger partial charge in [-0.1, -0.05) is 29.8 Å². The van der Waals surface area contributed by atoms with E-state index in [9.17, 15) is 8.42 Å². The predicted molar refractivity (Wildman–Crippen MR) is 79.3 cm³/mol. The average molecular weight is 373 g/mol. The summed E-state index contributed by atoms with van der Waals surface area (Å²) in [5, 5.41) is 0.664. The van der Waals surface area contributed by atoms with Gasteiger partial charge >= 0.3 is 0 Å². The Morgan fingerprint density at radius 2 is 1.85 bits per heavy atom. The Hall–Kier alpha value is -1.44. The molecule has 0 saturated carbocycles. The van der Waals surface area contributed by atoms with Crippen LogP contribution < -0.4 is 0 Å². The lowest BCUT2D eigenvalue weighted by molar-refractivity contribution is 0.588. The molecule has 2 heterocycles. The molecule has 0 aliphatic carbocycles. The van der Waals surface area contributed by atoms with Gasteiger partial charge in [0.1, 0.15) is 11.5 Å². The smallest absolute Gasteiger partial charge is 0.224 e. The summed E-state index contributed by atoms with van der Waals surface area (Å²) in [5.74, 6) is 0. The van der Waals surface area contributed by atoms with E-state index in [2.05, 4.69) is 25.9 Å². The standard InChI is InChI=1S/C12H7BrClN3O2S/c13-9-6-17(12-10(9)11(14)15-7-16-12)20(18,19)8-4-2-1-3-5-8/h1-7H. The first-order valence-corrected chi connectivity index (χ1v) is 8.10. The van der Waals surface area contributed by atoms with Gasteiger partial charge in [-0.15, -0.1) is 0 Å². The van der Waals surface area contributed by atoms with Gasteiger partial charge < -0.3 is 0 Å². The Balaban J connectivity index is 2.34. The first kappa shape index (κ1) is 13.5. The third-order valence-corrected chi connectivity index (χ3v) is 5.31. The molecule has 0 radical (unpaired) electrons. The highest BCUT2D eigenvalue weighted by atomic mass is 79.9. The molecule has 0 aliphatic rings. The van der Waals surface area contributed by atoms with Crippen molar-refractivity contribution in [1.29, 1.82) is 0 Å². The van der Waals surface area contributed by atoms with Crippen LogP contribution in [0.3, 0.4) is 0 Å². The van der Waals surface area contributed by atoms with Gasteiger partial charge in [0, 0.05) is 10.7 Å². The molecule has 0 unspecified atom stereocenters. The number of benzene rings is 1. The van der Waals surface area contributed by atoms with Crippen molar-refractivity contribution >= 4 is 48.6 Å². The highest BCUT2D eigenvalue weighted by Gasteiger charge is 2.22. The molecule has 8 heteroatoms. The van der Waals surface area contributed by atoms with Gasteiger partial charge in [0.25, 0.3) is 10.0 Å². The summed E-state index contributed by atoms with van der Waals surface area (Å²) < 4.78 is 26.8. The van der Waals surface area contributed by atoms with Crippen LogP contribution in [0.25, 0.3) is 11.0 Å². The molecule has 0 aliphatic heterocycles. The maximum Gasteiger partial charge on any atom is 0.269 e. The highest BCUT2D eigenvalue weighted by molar-refractivity contribution is 9.10. The second-order valence-corrected chi connectivity index (χ2v) is 6.98. The van der Waals surface area contributed by atoms with Crippen LogP contribution in [0.5, 0.6) is 0 Å². The van der Waals surface area contributed by atoms with Crippen molar-refractivity contribution < 1.29 is 8.42 Å². The van der Waals surface area contributed by atoms with Gasteiger partial charge in [0.15, 0.2) is 5.65 Å². The molecule has 0 N–H and O–H groups in total. The van der Waals surface area contributed by atoms with Gasteiger partial charge in [-0.25, -0.2) is 22.4 Å². The van der Waals surface area contributed by atoms with Crippen molar-refractivity contribution in [2.75, 3.05) is 0 Å². The molecule has 5 nitrogen and oxygen atoms in total. The first-order valence-electron chi connectivity index (χ1n) is 5.49. The number of fused-ring (bicyclic) bond motifs is 1. The molecule has 0 amide bonds. The molecular weight excluding hydrogens is 366 g/mol. The van der Waals surface area contributed by atoms with Crippen LogP contribution >= 0.6 is 27.5 Å². The van der Waals surface area contributed by atoms with E-state index >= 15 is 0 Å². The van der Waals surface area contributed by atoms with Crippen molar-refractivity contribution in [3.63, 3.8) is 0 Å². The van der Waals surface area contributed by atoms with Gasteiger partial charge in [-0.2, -0.15) is 0 Å². The van der Waals surface area contributed by atoms with E-state index in [1.54, 1.807) is 18.2 Å². The summed E-state index contributed by atoms with van der Waals surface area (Å²) >= 11 is 9.27. The summed E-state index contributed by atoms with van der Waals surface area (Å²) in [6, 6.07) is 8.13. The minimum atomic E-state index is -3.72. The van der Waals surface area contributed by atoms with Crippen LogP contribution in [0.4, 0.5) is 0 Å². The second kappa shape index (κ2) is 4.83. The van der Waals surface area contributed by atoms with Crippen molar-refractivity contribution in [3.05, 3.63) is 52.5 Å². The number of rotatable bonds is 2. The van der Waals surface area contributed by atoms with Crippen molar-refractivity contribution in [2.24, 2.45) is 0 Å². The Bertz CT molecular complexity index is 894. The van der Waals surface area contributed by atoms with Crippen LogP contribution in [-0.4, -0.2) is 22.4 Å². The lowest BCUT2D eigenvalue weighted by Crippen LogP contribution is -2.12. The minimum absolute atomic E-state index is 0.180. The van der Waals surface area contributed by atoms with Crippen LogP contribution in [0.15, 0.2) is 52.2 Å². The molecule has 1 aromatic carbocycles. The maximum atomic E-state index is 12.6. The summed E-state index contributed by atoms with van der Waals surface area (Å²) in [6.45, 7) is 0. The van der Waals surface area contributed by atoms with Gasteiger partial charge in [0.05, 0.1) is 10.3 Å². The molecule has 3 rings (SSSR count). The summed E-state index contributed by atoms with van der Waals surface area (Å²) in [4.78, 5) is 8.05. The average Bonchev–Trinajstić information content (AvgIpc) is 2.79. The number of nitrogens with zero attached hydrogens (tertiary/aromatic N) is 3. The Morgan fingerprint density at radius 1 is 1.15 bits per heavy atom. The molecular formula is C12H7BrClN3O2S. The van der Waals surface area contributed by atoms with E-state index in [0.717, 1.165) is 3.97 Å². The highest BCUT2D eigenvalue weighted by Crippen LogP contribution is 2.31. The van der Waals surface area contributed by atoms with E-state index in [0.29, 0.717) is 9.86 Å². The molecule has 0 bridgehead atoms. The Kier molecular flexibility index (Phi) is 3.27. The molecule has 0 fully saturated rings. The van der Waals surface area contributed by atoms with Crippen LogP contribution in [0.1, 0.15) is 0 Å². The number of hydrogen-bond donors (Lipinski definition) is 0. The van der Waals surface area contributed by atoms with E-state index in [4.69, 9.17) is 11.6 Å². The maximum absolute atomic E-state index is 12.6.